The van der Waals surface area contributed by atoms with Gasteiger partial charge >= 0.3 is 5.97 Å². The molecule has 3 rings (SSSR count). The molecule has 1 atom stereocenters. The third kappa shape index (κ3) is 5.04. The second-order valence-electron chi connectivity index (χ2n) is 7.09. The molecule has 0 bridgehead atoms. The summed E-state index contributed by atoms with van der Waals surface area (Å²) in [7, 11) is 0. The van der Waals surface area contributed by atoms with Crippen LogP contribution in [0.3, 0.4) is 0 Å². The maximum Gasteiger partial charge on any atom is 0.338 e. The average molecular weight is 395 g/mol. The number of hydrogen-bond acceptors (Lipinski definition) is 7. The molecule has 0 spiro atoms. The molecule has 8 heteroatoms. The van der Waals surface area contributed by atoms with E-state index in [0.29, 0.717) is 17.0 Å². The first-order valence-electron chi connectivity index (χ1n) is 9.21. The first kappa shape index (κ1) is 20.2. The molecule has 0 unspecified atom stereocenters. The van der Waals surface area contributed by atoms with Crippen LogP contribution in [0.15, 0.2) is 52.9 Å². The maximum atomic E-state index is 12.4. The molecule has 0 aliphatic heterocycles. The van der Waals surface area contributed by atoms with Gasteiger partial charge in [0.2, 0.25) is 5.89 Å². The molecule has 0 amide bonds. The summed E-state index contributed by atoms with van der Waals surface area (Å²) < 4.78 is 11.0. The molecule has 150 valence electrons. The van der Waals surface area contributed by atoms with Crippen molar-refractivity contribution in [1.29, 1.82) is 0 Å². The van der Waals surface area contributed by atoms with Gasteiger partial charge in [0.25, 0.3) is 11.6 Å². The summed E-state index contributed by atoms with van der Waals surface area (Å²) in [6, 6.07) is 13.1. The van der Waals surface area contributed by atoms with Gasteiger partial charge in [-0.1, -0.05) is 26.0 Å². The first-order valence-corrected chi connectivity index (χ1v) is 9.21. The highest BCUT2D eigenvalue weighted by molar-refractivity contribution is 5.89. The number of carbonyl (C=O) groups is 1. The standard InChI is InChI=1S/C21H21N3O5/c1-13(2)12-15-4-6-17(7-5-15)21(25)28-14(3)19-22-23-20(29-19)16-8-10-18(11-9-16)24(26)27/h4-11,13-14H,12H2,1-3H3/t14-/m1/s1. The summed E-state index contributed by atoms with van der Waals surface area (Å²) in [6.45, 7) is 5.91. The summed E-state index contributed by atoms with van der Waals surface area (Å²) in [6.07, 6.45) is 0.205. The number of benzene rings is 2. The molecule has 0 aliphatic carbocycles. The topological polar surface area (TPSA) is 108 Å². The summed E-state index contributed by atoms with van der Waals surface area (Å²) >= 11 is 0. The van der Waals surface area contributed by atoms with Gasteiger partial charge in [0.15, 0.2) is 6.10 Å². The van der Waals surface area contributed by atoms with Crippen molar-refractivity contribution in [1.82, 2.24) is 10.2 Å². The Kier molecular flexibility index (Phi) is 6.01. The van der Waals surface area contributed by atoms with Gasteiger partial charge in [-0.05, 0) is 49.1 Å². The molecule has 8 nitrogen and oxygen atoms in total. The van der Waals surface area contributed by atoms with E-state index in [4.69, 9.17) is 9.15 Å². The molecule has 29 heavy (non-hydrogen) atoms. The van der Waals surface area contributed by atoms with Crippen molar-refractivity contribution < 1.29 is 18.9 Å². The van der Waals surface area contributed by atoms with E-state index in [-0.39, 0.29) is 17.5 Å². The van der Waals surface area contributed by atoms with Crippen molar-refractivity contribution >= 4 is 11.7 Å². The van der Waals surface area contributed by atoms with Crippen LogP contribution >= 0.6 is 0 Å². The van der Waals surface area contributed by atoms with Crippen LogP contribution in [0.2, 0.25) is 0 Å². The minimum absolute atomic E-state index is 0.0322. The molecule has 0 aliphatic rings. The number of rotatable bonds is 7. The number of hydrogen-bond donors (Lipinski definition) is 0. The van der Waals surface area contributed by atoms with Crippen molar-refractivity contribution in [3.05, 3.63) is 75.7 Å². The van der Waals surface area contributed by atoms with Gasteiger partial charge in [-0.25, -0.2) is 4.79 Å². The van der Waals surface area contributed by atoms with Crippen LogP contribution in [0.1, 0.15) is 48.7 Å². The zero-order chi connectivity index (χ0) is 21.0. The van der Waals surface area contributed by atoms with E-state index in [9.17, 15) is 14.9 Å². The van der Waals surface area contributed by atoms with Crippen molar-refractivity contribution in [3.63, 3.8) is 0 Å². The molecule has 0 saturated heterocycles. The molecule has 1 heterocycles. The zero-order valence-corrected chi connectivity index (χ0v) is 16.4. The molecule has 0 N–H and O–H groups in total. The lowest BCUT2D eigenvalue weighted by Gasteiger charge is -2.10. The van der Waals surface area contributed by atoms with Crippen molar-refractivity contribution in [2.24, 2.45) is 5.92 Å². The quantitative estimate of drug-likeness (QED) is 0.322. The fraction of sp³-hybridized carbons (Fsp3) is 0.286. The van der Waals surface area contributed by atoms with Crippen LogP contribution in [0.25, 0.3) is 11.5 Å². The summed E-state index contributed by atoms with van der Waals surface area (Å²) in [5.74, 6) is 0.387. The van der Waals surface area contributed by atoms with E-state index in [1.54, 1.807) is 19.1 Å². The Morgan fingerprint density at radius 2 is 1.72 bits per heavy atom. The number of esters is 1. The van der Waals surface area contributed by atoms with E-state index in [0.717, 1.165) is 12.0 Å². The minimum atomic E-state index is -0.739. The predicted octanol–water partition coefficient (Wildman–Crippen LogP) is 4.76. The van der Waals surface area contributed by atoms with E-state index in [1.807, 2.05) is 12.1 Å². The van der Waals surface area contributed by atoms with Crippen molar-refractivity contribution in [2.45, 2.75) is 33.3 Å². The highest BCUT2D eigenvalue weighted by atomic mass is 16.6. The van der Waals surface area contributed by atoms with Gasteiger partial charge in [-0.3, -0.25) is 10.1 Å². The summed E-state index contributed by atoms with van der Waals surface area (Å²) in [5.41, 5.74) is 2.11. The molecule has 0 radical (unpaired) electrons. The van der Waals surface area contributed by atoms with Crippen LogP contribution in [0.5, 0.6) is 0 Å². The molecular weight excluding hydrogens is 374 g/mol. The normalized spacial score (nSPS) is 12.0. The fourth-order valence-electron chi connectivity index (χ4n) is 2.77. The number of aromatic nitrogens is 2. The Bertz CT molecular complexity index is 994. The molecule has 0 fully saturated rings. The number of nitro benzene ring substituents is 1. The third-order valence-electron chi connectivity index (χ3n) is 4.23. The lowest BCUT2D eigenvalue weighted by Crippen LogP contribution is -2.09. The maximum absolute atomic E-state index is 12.4. The lowest BCUT2D eigenvalue weighted by atomic mass is 10.0. The lowest BCUT2D eigenvalue weighted by molar-refractivity contribution is -0.384. The SMILES string of the molecule is CC(C)Cc1ccc(C(=O)O[C@H](C)c2nnc(-c3ccc([N+](=O)[O-])cc3)o2)cc1. The van der Waals surface area contributed by atoms with E-state index < -0.39 is 17.0 Å². The molecule has 1 aromatic heterocycles. The van der Waals surface area contributed by atoms with Crippen LogP contribution in [0.4, 0.5) is 5.69 Å². The second kappa shape index (κ2) is 8.64. The third-order valence-corrected chi connectivity index (χ3v) is 4.23. The smallest absolute Gasteiger partial charge is 0.338 e. The van der Waals surface area contributed by atoms with Gasteiger partial charge in [-0.2, -0.15) is 0 Å². The minimum Gasteiger partial charge on any atom is -0.449 e. The summed E-state index contributed by atoms with van der Waals surface area (Å²) in [5, 5.41) is 18.6. The van der Waals surface area contributed by atoms with E-state index in [2.05, 4.69) is 24.0 Å². The van der Waals surface area contributed by atoms with Crippen LogP contribution in [-0.4, -0.2) is 21.1 Å². The van der Waals surface area contributed by atoms with Crippen molar-refractivity contribution in [2.75, 3.05) is 0 Å². The first-order chi connectivity index (χ1) is 13.8. The molecule has 0 saturated carbocycles. The number of carbonyl (C=O) groups excluding carboxylic acids is 1. The number of nitro groups is 1. The van der Waals surface area contributed by atoms with E-state index >= 15 is 0 Å². The Labute approximate surface area is 167 Å². The fourth-order valence-corrected chi connectivity index (χ4v) is 2.77. The monoisotopic (exact) mass is 395 g/mol. The van der Waals surface area contributed by atoms with Gasteiger partial charge in [0.1, 0.15) is 0 Å². The number of ether oxygens (including phenoxy) is 1. The Balaban J connectivity index is 1.65. The van der Waals surface area contributed by atoms with Crippen LogP contribution < -0.4 is 0 Å². The summed E-state index contributed by atoms with van der Waals surface area (Å²) in [4.78, 5) is 22.6. The van der Waals surface area contributed by atoms with Gasteiger partial charge in [0.05, 0.1) is 10.5 Å². The Hall–Kier alpha value is -3.55. The van der Waals surface area contributed by atoms with E-state index in [1.165, 1.54) is 24.3 Å². The van der Waals surface area contributed by atoms with Gasteiger partial charge in [0, 0.05) is 17.7 Å². The van der Waals surface area contributed by atoms with Gasteiger partial charge < -0.3 is 9.15 Å². The zero-order valence-electron chi connectivity index (χ0n) is 16.4. The van der Waals surface area contributed by atoms with Crippen LogP contribution in [-0.2, 0) is 11.2 Å². The Morgan fingerprint density at radius 1 is 1.07 bits per heavy atom. The predicted molar refractivity (Wildman–Crippen MR) is 105 cm³/mol. The Morgan fingerprint density at radius 3 is 2.31 bits per heavy atom. The van der Waals surface area contributed by atoms with Gasteiger partial charge in [-0.15, -0.1) is 10.2 Å². The number of non-ortho nitro benzene ring substituents is 1. The highest BCUT2D eigenvalue weighted by Gasteiger charge is 2.20. The second-order valence-corrected chi connectivity index (χ2v) is 7.09. The average Bonchev–Trinajstić information content (AvgIpc) is 3.18. The van der Waals surface area contributed by atoms with Crippen LogP contribution in [0, 0.1) is 16.0 Å². The molecular formula is C21H21N3O5. The number of nitrogens with zero attached hydrogens (tertiary/aromatic N) is 3. The highest BCUT2D eigenvalue weighted by Crippen LogP contribution is 2.25. The largest absolute Gasteiger partial charge is 0.449 e. The molecule has 3 aromatic rings. The molecule has 2 aromatic carbocycles. The van der Waals surface area contributed by atoms with Crippen molar-refractivity contribution in [3.8, 4) is 11.5 Å².